The van der Waals surface area contributed by atoms with Crippen LogP contribution in [0.25, 0.3) is 0 Å². The van der Waals surface area contributed by atoms with Crippen molar-refractivity contribution in [1.29, 1.82) is 0 Å². The summed E-state index contributed by atoms with van der Waals surface area (Å²) in [5.41, 5.74) is 1.15. The molecule has 14 heavy (non-hydrogen) atoms. The first kappa shape index (κ1) is 9.24. The Morgan fingerprint density at radius 1 is 1.64 bits per heavy atom. The molecule has 0 bridgehead atoms. The Bertz CT molecular complexity index is 382. The highest BCUT2D eigenvalue weighted by atomic mass is 16.4. The van der Waals surface area contributed by atoms with Gasteiger partial charge in [0, 0.05) is 6.54 Å². The first-order valence-electron chi connectivity index (χ1n) is 4.91. The van der Waals surface area contributed by atoms with Gasteiger partial charge in [0.05, 0.1) is 5.69 Å². The highest BCUT2D eigenvalue weighted by Crippen LogP contribution is 2.30. The maximum Gasteiger partial charge on any atom is 0.356 e. The number of aromatic nitrogens is 2. The minimum absolute atomic E-state index is 0.245. The number of nitrogens with zero attached hydrogens (tertiary/aromatic N) is 2. The van der Waals surface area contributed by atoms with Gasteiger partial charge in [0.2, 0.25) is 0 Å². The minimum Gasteiger partial charge on any atom is -0.476 e. The maximum atomic E-state index is 11.0. The van der Waals surface area contributed by atoms with Crippen LogP contribution in [0.1, 0.15) is 47.7 Å². The predicted octanol–water partition coefficient (Wildman–Crippen LogP) is 1.79. The van der Waals surface area contributed by atoms with Gasteiger partial charge in [-0.2, -0.15) is 0 Å². The molecule has 0 saturated carbocycles. The Hall–Kier alpha value is -1.32. The lowest BCUT2D eigenvalue weighted by Crippen LogP contribution is -2.16. The molecule has 76 valence electrons. The molecule has 1 unspecified atom stereocenters. The van der Waals surface area contributed by atoms with Crippen molar-refractivity contribution in [3.05, 3.63) is 17.2 Å². The average molecular weight is 194 g/mol. The molecule has 1 aromatic heterocycles. The molecule has 2 heterocycles. The standard InChI is InChI=1S/C10H14N2O2/c1-6-4-3-5-12-7(2)11-8(9(6)12)10(13)14/h6H,3-5H2,1-2H3,(H,13,14). The Morgan fingerprint density at radius 2 is 2.36 bits per heavy atom. The van der Waals surface area contributed by atoms with Crippen LogP contribution in [0.4, 0.5) is 0 Å². The smallest absolute Gasteiger partial charge is 0.356 e. The molecule has 1 N–H and O–H groups in total. The van der Waals surface area contributed by atoms with E-state index in [-0.39, 0.29) is 5.69 Å². The molecule has 0 radical (unpaired) electrons. The van der Waals surface area contributed by atoms with E-state index in [9.17, 15) is 4.79 Å². The van der Waals surface area contributed by atoms with Crippen LogP contribution in [0.2, 0.25) is 0 Å². The van der Waals surface area contributed by atoms with Crippen LogP contribution in [0.3, 0.4) is 0 Å². The highest BCUT2D eigenvalue weighted by Gasteiger charge is 2.26. The summed E-state index contributed by atoms with van der Waals surface area (Å²) in [4.78, 5) is 15.1. The zero-order chi connectivity index (χ0) is 10.3. The van der Waals surface area contributed by atoms with Gasteiger partial charge in [0.25, 0.3) is 0 Å². The average Bonchev–Trinajstić information content (AvgIpc) is 2.46. The summed E-state index contributed by atoms with van der Waals surface area (Å²) in [6, 6.07) is 0. The topological polar surface area (TPSA) is 55.1 Å². The fraction of sp³-hybridized carbons (Fsp3) is 0.600. The van der Waals surface area contributed by atoms with Crippen molar-refractivity contribution < 1.29 is 9.90 Å². The quantitative estimate of drug-likeness (QED) is 0.741. The molecule has 4 nitrogen and oxygen atoms in total. The van der Waals surface area contributed by atoms with Gasteiger partial charge in [-0.05, 0) is 25.7 Å². The van der Waals surface area contributed by atoms with E-state index < -0.39 is 5.97 Å². The molecule has 2 rings (SSSR count). The Morgan fingerprint density at radius 3 is 3.00 bits per heavy atom. The lowest BCUT2D eigenvalue weighted by Gasteiger charge is -2.22. The van der Waals surface area contributed by atoms with E-state index in [2.05, 4.69) is 11.9 Å². The summed E-state index contributed by atoms with van der Waals surface area (Å²) < 4.78 is 2.04. The van der Waals surface area contributed by atoms with Crippen molar-refractivity contribution >= 4 is 5.97 Å². The van der Waals surface area contributed by atoms with Crippen LogP contribution >= 0.6 is 0 Å². The first-order chi connectivity index (χ1) is 6.61. The van der Waals surface area contributed by atoms with E-state index in [1.807, 2.05) is 11.5 Å². The van der Waals surface area contributed by atoms with Crippen LogP contribution < -0.4 is 0 Å². The fourth-order valence-corrected chi connectivity index (χ4v) is 2.21. The van der Waals surface area contributed by atoms with E-state index in [4.69, 9.17) is 5.11 Å². The minimum atomic E-state index is -0.907. The van der Waals surface area contributed by atoms with E-state index in [0.717, 1.165) is 30.9 Å². The van der Waals surface area contributed by atoms with Crippen molar-refractivity contribution in [2.24, 2.45) is 0 Å². The Kier molecular flexibility index (Phi) is 2.06. The van der Waals surface area contributed by atoms with E-state index in [0.29, 0.717) is 5.92 Å². The number of hydrogen-bond acceptors (Lipinski definition) is 2. The molecule has 0 spiro atoms. The molecule has 0 aromatic carbocycles. The van der Waals surface area contributed by atoms with Crippen molar-refractivity contribution in [3.63, 3.8) is 0 Å². The van der Waals surface area contributed by atoms with Gasteiger partial charge >= 0.3 is 5.97 Å². The molecular formula is C10H14N2O2. The number of hydrogen-bond donors (Lipinski definition) is 1. The van der Waals surface area contributed by atoms with Gasteiger partial charge in [0.1, 0.15) is 5.82 Å². The molecule has 0 aliphatic carbocycles. The second-order valence-corrected chi connectivity index (χ2v) is 3.89. The largest absolute Gasteiger partial charge is 0.476 e. The number of fused-ring (bicyclic) bond motifs is 1. The zero-order valence-corrected chi connectivity index (χ0v) is 8.45. The van der Waals surface area contributed by atoms with Crippen LogP contribution in [0, 0.1) is 6.92 Å². The molecule has 0 fully saturated rings. The van der Waals surface area contributed by atoms with Crippen molar-refractivity contribution in [2.45, 2.75) is 39.2 Å². The molecule has 0 saturated heterocycles. The molecule has 0 amide bonds. The maximum absolute atomic E-state index is 11.0. The number of carboxylic acid groups (broad SMARTS) is 1. The van der Waals surface area contributed by atoms with Crippen LogP contribution in [0.5, 0.6) is 0 Å². The van der Waals surface area contributed by atoms with Crippen LogP contribution in [-0.4, -0.2) is 20.6 Å². The second kappa shape index (κ2) is 3.12. The summed E-state index contributed by atoms with van der Waals surface area (Å²) in [6.45, 7) is 4.85. The third kappa shape index (κ3) is 1.22. The molecule has 1 aliphatic rings. The number of carboxylic acids is 1. The zero-order valence-electron chi connectivity index (χ0n) is 8.45. The van der Waals surface area contributed by atoms with Crippen LogP contribution in [0.15, 0.2) is 0 Å². The first-order valence-corrected chi connectivity index (χ1v) is 4.91. The number of imidazole rings is 1. The van der Waals surface area contributed by atoms with Crippen molar-refractivity contribution in [3.8, 4) is 0 Å². The summed E-state index contributed by atoms with van der Waals surface area (Å²) in [5, 5.41) is 9.00. The molecule has 1 atom stereocenters. The Labute approximate surface area is 82.6 Å². The van der Waals surface area contributed by atoms with E-state index in [1.54, 1.807) is 0 Å². The highest BCUT2D eigenvalue weighted by molar-refractivity contribution is 5.87. The number of rotatable bonds is 1. The summed E-state index contributed by atoms with van der Waals surface area (Å²) >= 11 is 0. The lowest BCUT2D eigenvalue weighted by atomic mass is 9.96. The van der Waals surface area contributed by atoms with Gasteiger partial charge in [-0.1, -0.05) is 6.92 Å². The van der Waals surface area contributed by atoms with Gasteiger partial charge < -0.3 is 9.67 Å². The van der Waals surface area contributed by atoms with E-state index >= 15 is 0 Å². The third-order valence-corrected chi connectivity index (χ3v) is 2.89. The summed E-state index contributed by atoms with van der Waals surface area (Å²) in [5.74, 6) is 0.232. The molecule has 1 aromatic rings. The normalized spacial score (nSPS) is 20.6. The molecule has 4 heteroatoms. The number of aromatic carboxylic acids is 1. The summed E-state index contributed by atoms with van der Waals surface area (Å²) in [6.07, 6.45) is 2.18. The van der Waals surface area contributed by atoms with Crippen LogP contribution in [-0.2, 0) is 6.54 Å². The van der Waals surface area contributed by atoms with Crippen molar-refractivity contribution in [2.75, 3.05) is 0 Å². The third-order valence-electron chi connectivity index (χ3n) is 2.89. The Balaban J connectivity index is 2.59. The monoisotopic (exact) mass is 194 g/mol. The van der Waals surface area contributed by atoms with Gasteiger partial charge in [-0.3, -0.25) is 0 Å². The van der Waals surface area contributed by atoms with Crippen molar-refractivity contribution in [1.82, 2.24) is 9.55 Å². The fourth-order valence-electron chi connectivity index (χ4n) is 2.21. The number of aryl methyl sites for hydroxylation is 1. The van der Waals surface area contributed by atoms with E-state index in [1.165, 1.54) is 0 Å². The lowest BCUT2D eigenvalue weighted by molar-refractivity contribution is 0.0688. The molecule has 1 aliphatic heterocycles. The van der Waals surface area contributed by atoms with Gasteiger partial charge in [-0.25, -0.2) is 9.78 Å². The molecular weight excluding hydrogens is 180 g/mol. The summed E-state index contributed by atoms with van der Waals surface area (Å²) in [7, 11) is 0. The predicted molar refractivity (Wildman–Crippen MR) is 51.6 cm³/mol. The van der Waals surface area contributed by atoms with Gasteiger partial charge in [-0.15, -0.1) is 0 Å². The SMILES string of the molecule is Cc1nc(C(=O)O)c2n1CCCC2C. The number of carbonyl (C=O) groups is 1. The second-order valence-electron chi connectivity index (χ2n) is 3.89. The van der Waals surface area contributed by atoms with Gasteiger partial charge in [0.15, 0.2) is 5.69 Å².